The van der Waals surface area contributed by atoms with Crippen LogP contribution in [0.5, 0.6) is 0 Å². The predicted molar refractivity (Wildman–Crippen MR) is 228 cm³/mol. The Morgan fingerprint density at radius 2 is 0.945 bits per heavy atom. The van der Waals surface area contributed by atoms with Gasteiger partial charge in [-0.2, -0.15) is 0 Å². The second kappa shape index (κ2) is 11.4. The Morgan fingerprint density at radius 1 is 0.382 bits per heavy atom. The molecule has 1 heterocycles. The van der Waals surface area contributed by atoms with E-state index < -0.39 is 5.41 Å². The molecule has 55 heavy (non-hydrogen) atoms. The smallest absolute Gasteiger partial charge is 0.137 e. The number of nitrogens with zero attached hydrogens (tertiary/aromatic N) is 1. The van der Waals surface area contributed by atoms with Crippen LogP contribution in [0.4, 0.5) is 17.1 Å². The molecule has 0 saturated heterocycles. The van der Waals surface area contributed by atoms with E-state index in [4.69, 9.17) is 4.42 Å². The quantitative estimate of drug-likeness (QED) is 0.182. The Labute approximate surface area is 319 Å². The Bertz CT molecular complexity index is 3120. The van der Waals surface area contributed by atoms with E-state index in [0.717, 1.165) is 39.0 Å². The lowest BCUT2D eigenvalue weighted by Crippen LogP contribution is -2.26. The molecule has 9 aromatic carbocycles. The van der Waals surface area contributed by atoms with Crippen LogP contribution in [-0.2, 0) is 5.41 Å². The molecule has 0 saturated carbocycles. The molecule has 2 aliphatic carbocycles. The van der Waals surface area contributed by atoms with Gasteiger partial charge in [-0.15, -0.1) is 0 Å². The number of anilines is 3. The summed E-state index contributed by atoms with van der Waals surface area (Å²) < 4.78 is 6.50. The highest BCUT2D eigenvalue weighted by atomic mass is 16.3. The first-order valence-corrected chi connectivity index (χ1v) is 19.0. The maximum atomic E-state index is 6.50. The highest BCUT2D eigenvalue weighted by Crippen LogP contribution is 2.64. The molecule has 0 amide bonds. The molecule has 0 fully saturated rings. The van der Waals surface area contributed by atoms with Crippen LogP contribution in [-0.4, -0.2) is 0 Å². The average Bonchev–Trinajstić information content (AvgIpc) is 3.89. The third kappa shape index (κ3) is 4.14. The van der Waals surface area contributed by atoms with Crippen LogP contribution < -0.4 is 4.90 Å². The molecule has 2 heteroatoms. The summed E-state index contributed by atoms with van der Waals surface area (Å²) in [6.45, 7) is 0. The van der Waals surface area contributed by atoms with Crippen molar-refractivity contribution in [2.75, 3.05) is 4.90 Å². The third-order valence-electron chi connectivity index (χ3n) is 12.1. The zero-order valence-electron chi connectivity index (χ0n) is 29.9. The highest BCUT2D eigenvalue weighted by Gasteiger charge is 2.52. The van der Waals surface area contributed by atoms with Crippen molar-refractivity contribution >= 4 is 49.8 Å². The van der Waals surface area contributed by atoms with Gasteiger partial charge in [-0.1, -0.05) is 158 Å². The molecule has 0 unspecified atom stereocenters. The van der Waals surface area contributed by atoms with Crippen LogP contribution >= 0.6 is 0 Å². The molecule has 2 nitrogen and oxygen atoms in total. The summed E-state index contributed by atoms with van der Waals surface area (Å²) in [5.74, 6) is 0. The van der Waals surface area contributed by atoms with Crippen molar-refractivity contribution in [2.24, 2.45) is 0 Å². The fourth-order valence-electron chi connectivity index (χ4n) is 9.83. The van der Waals surface area contributed by atoms with Gasteiger partial charge in [0.15, 0.2) is 0 Å². The van der Waals surface area contributed by atoms with Crippen LogP contribution in [0.25, 0.3) is 66.1 Å². The molecule has 10 aromatic rings. The maximum Gasteiger partial charge on any atom is 0.137 e. The number of para-hydroxylation sites is 1. The van der Waals surface area contributed by atoms with E-state index in [1.54, 1.807) is 0 Å². The van der Waals surface area contributed by atoms with E-state index in [-0.39, 0.29) is 0 Å². The minimum absolute atomic E-state index is 0.435. The lowest BCUT2D eigenvalue weighted by Gasteiger charge is -2.32. The van der Waals surface area contributed by atoms with Crippen molar-refractivity contribution in [1.82, 2.24) is 0 Å². The standard InChI is InChI=1S/C53H33NO/c1-2-14-36-33-37(28-27-34(36)13-1)35-29-31-38(32-30-35)54(48-24-12-26-50-52(48)42-18-6-10-25-49(42)55-50)47-23-11-22-46-51(47)41-17-5-9-21-45(41)53(46)43-19-7-3-15-39(43)40-16-4-8-20-44(40)53/h1-33H. The van der Waals surface area contributed by atoms with E-state index in [9.17, 15) is 0 Å². The van der Waals surface area contributed by atoms with Gasteiger partial charge in [0.1, 0.15) is 11.2 Å². The molecule has 0 N–H and O–H groups in total. The van der Waals surface area contributed by atoms with Crippen LogP contribution in [0.15, 0.2) is 205 Å². The van der Waals surface area contributed by atoms with Crippen molar-refractivity contribution in [1.29, 1.82) is 0 Å². The van der Waals surface area contributed by atoms with Gasteiger partial charge in [0.2, 0.25) is 0 Å². The Kier molecular flexibility index (Phi) is 6.29. The van der Waals surface area contributed by atoms with Gasteiger partial charge >= 0.3 is 0 Å². The summed E-state index contributed by atoms with van der Waals surface area (Å²) in [5, 5.41) is 4.70. The zero-order valence-corrected chi connectivity index (χ0v) is 29.9. The summed E-state index contributed by atoms with van der Waals surface area (Å²) in [4.78, 5) is 2.47. The van der Waals surface area contributed by atoms with Crippen molar-refractivity contribution in [3.8, 4) is 33.4 Å². The van der Waals surface area contributed by atoms with Gasteiger partial charge in [-0.3, -0.25) is 0 Å². The van der Waals surface area contributed by atoms with Crippen LogP contribution in [0, 0.1) is 0 Å². The second-order valence-electron chi connectivity index (χ2n) is 14.8. The van der Waals surface area contributed by atoms with Crippen molar-refractivity contribution in [3.63, 3.8) is 0 Å². The lowest BCUT2D eigenvalue weighted by molar-refractivity contribution is 0.669. The van der Waals surface area contributed by atoms with Gasteiger partial charge in [0, 0.05) is 16.6 Å². The summed E-state index contributed by atoms with van der Waals surface area (Å²) >= 11 is 0. The lowest BCUT2D eigenvalue weighted by atomic mass is 9.70. The topological polar surface area (TPSA) is 16.4 Å². The Morgan fingerprint density at radius 3 is 1.73 bits per heavy atom. The summed E-state index contributed by atoms with van der Waals surface area (Å²) in [5.41, 5.74) is 17.5. The first-order valence-electron chi connectivity index (χ1n) is 19.0. The molecule has 0 aliphatic heterocycles. The molecule has 0 radical (unpaired) electrons. The first-order chi connectivity index (χ1) is 27.3. The fourth-order valence-corrected chi connectivity index (χ4v) is 9.83. The Hall–Kier alpha value is -7.16. The molecule has 1 spiro atoms. The van der Waals surface area contributed by atoms with Crippen molar-refractivity contribution in [3.05, 3.63) is 222 Å². The summed E-state index contributed by atoms with van der Waals surface area (Å²) in [7, 11) is 0. The average molecular weight is 700 g/mol. The largest absolute Gasteiger partial charge is 0.456 e. The molecular formula is C53H33NO. The first kappa shape index (κ1) is 30.3. The molecule has 0 atom stereocenters. The van der Waals surface area contributed by atoms with Gasteiger partial charge in [0.05, 0.1) is 22.2 Å². The van der Waals surface area contributed by atoms with Gasteiger partial charge in [-0.25, -0.2) is 0 Å². The van der Waals surface area contributed by atoms with Crippen molar-refractivity contribution in [2.45, 2.75) is 5.41 Å². The maximum absolute atomic E-state index is 6.50. The summed E-state index contributed by atoms with van der Waals surface area (Å²) in [6, 6.07) is 73.3. The van der Waals surface area contributed by atoms with E-state index in [0.29, 0.717) is 0 Å². The molecule has 12 rings (SSSR count). The normalized spacial score (nSPS) is 13.2. The molecular weight excluding hydrogens is 667 g/mol. The minimum atomic E-state index is -0.435. The number of furan rings is 1. The van der Waals surface area contributed by atoms with E-state index in [2.05, 4.69) is 199 Å². The third-order valence-corrected chi connectivity index (χ3v) is 12.1. The number of fused-ring (bicyclic) bond motifs is 14. The molecule has 256 valence electrons. The monoisotopic (exact) mass is 699 g/mol. The summed E-state index contributed by atoms with van der Waals surface area (Å²) in [6.07, 6.45) is 0. The minimum Gasteiger partial charge on any atom is -0.456 e. The SMILES string of the molecule is c1ccc2c(c1)-c1ccccc1C21c2ccccc2-c2c(N(c3ccc(-c4ccc5ccccc5c4)cc3)c3cccc4oc5ccccc5c34)cccc21. The van der Waals surface area contributed by atoms with Crippen LogP contribution in [0.2, 0.25) is 0 Å². The van der Waals surface area contributed by atoms with Gasteiger partial charge in [-0.05, 0) is 103 Å². The Balaban J connectivity index is 1.14. The zero-order chi connectivity index (χ0) is 36.1. The van der Waals surface area contributed by atoms with E-state index >= 15 is 0 Å². The van der Waals surface area contributed by atoms with Gasteiger partial charge in [0.25, 0.3) is 0 Å². The fraction of sp³-hybridized carbons (Fsp3) is 0.0189. The predicted octanol–water partition coefficient (Wildman–Crippen LogP) is 14.2. The number of hydrogen-bond acceptors (Lipinski definition) is 2. The van der Waals surface area contributed by atoms with Gasteiger partial charge < -0.3 is 9.32 Å². The van der Waals surface area contributed by atoms with Crippen molar-refractivity contribution < 1.29 is 4.42 Å². The van der Waals surface area contributed by atoms with E-state index in [1.165, 1.54) is 66.4 Å². The van der Waals surface area contributed by atoms with Crippen LogP contribution in [0.3, 0.4) is 0 Å². The van der Waals surface area contributed by atoms with Crippen LogP contribution in [0.1, 0.15) is 22.3 Å². The second-order valence-corrected chi connectivity index (χ2v) is 14.8. The molecule has 2 aliphatic rings. The number of hydrogen-bond donors (Lipinski definition) is 0. The van der Waals surface area contributed by atoms with E-state index in [1.807, 2.05) is 6.07 Å². The molecule has 0 bridgehead atoms. The number of rotatable bonds is 4. The number of benzene rings is 9. The highest BCUT2D eigenvalue weighted by molar-refractivity contribution is 6.14. The molecule has 1 aromatic heterocycles.